The molecule has 0 radical (unpaired) electrons. The Hall–Kier alpha value is -1.58. The molecule has 1 heterocycles. The highest BCUT2D eigenvalue weighted by Gasteiger charge is 2.11. The largest absolute Gasteiger partial charge is 0.397 e. The fourth-order valence-corrected chi connectivity index (χ4v) is 1.93. The SMILES string of the molecule is Nc1cc(Cl)cnc1-c1cccc(C=O)c1Cl. The van der Waals surface area contributed by atoms with Crippen LogP contribution in [0.15, 0.2) is 30.5 Å². The monoisotopic (exact) mass is 266 g/mol. The van der Waals surface area contributed by atoms with Crippen LogP contribution in [0.1, 0.15) is 10.4 Å². The average molecular weight is 267 g/mol. The Labute approximate surface area is 108 Å². The summed E-state index contributed by atoms with van der Waals surface area (Å²) in [6.07, 6.45) is 2.18. The van der Waals surface area contributed by atoms with E-state index in [0.29, 0.717) is 38.8 Å². The van der Waals surface area contributed by atoms with Gasteiger partial charge in [-0.15, -0.1) is 0 Å². The lowest BCUT2D eigenvalue weighted by Gasteiger charge is -2.08. The molecule has 3 nitrogen and oxygen atoms in total. The molecule has 17 heavy (non-hydrogen) atoms. The van der Waals surface area contributed by atoms with Crippen molar-refractivity contribution in [2.24, 2.45) is 0 Å². The lowest BCUT2D eigenvalue weighted by atomic mass is 10.1. The first-order chi connectivity index (χ1) is 8.13. The summed E-state index contributed by atoms with van der Waals surface area (Å²) in [5.41, 5.74) is 7.77. The second-order valence-corrected chi connectivity index (χ2v) is 4.23. The number of benzene rings is 1. The molecule has 2 N–H and O–H groups in total. The third kappa shape index (κ3) is 2.25. The van der Waals surface area contributed by atoms with Gasteiger partial charge in [-0.05, 0) is 6.07 Å². The molecule has 0 aliphatic carbocycles. The Morgan fingerprint density at radius 1 is 1.29 bits per heavy atom. The maximum Gasteiger partial charge on any atom is 0.151 e. The Kier molecular flexibility index (Phi) is 3.31. The van der Waals surface area contributed by atoms with Gasteiger partial charge in [-0.25, -0.2) is 0 Å². The summed E-state index contributed by atoms with van der Waals surface area (Å²) in [5, 5.41) is 0.790. The molecule has 0 unspecified atom stereocenters. The molecule has 86 valence electrons. The highest BCUT2D eigenvalue weighted by molar-refractivity contribution is 6.35. The first kappa shape index (κ1) is 11.9. The molecule has 0 spiro atoms. The molecular formula is C12H8Cl2N2O. The molecule has 0 atom stereocenters. The second kappa shape index (κ2) is 4.73. The third-order valence-electron chi connectivity index (χ3n) is 2.29. The van der Waals surface area contributed by atoms with Crippen LogP contribution in [-0.4, -0.2) is 11.3 Å². The molecule has 2 aromatic rings. The lowest BCUT2D eigenvalue weighted by Crippen LogP contribution is -1.95. The van der Waals surface area contributed by atoms with E-state index in [1.54, 1.807) is 24.3 Å². The van der Waals surface area contributed by atoms with Gasteiger partial charge in [0.15, 0.2) is 6.29 Å². The number of hydrogen-bond acceptors (Lipinski definition) is 3. The van der Waals surface area contributed by atoms with Crippen molar-refractivity contribution < 1.29 is 4.79 Å². The van der Waals surface area contributed by atoms with Gasteiger partial charge in [-0.3, -0.25) is 9.78 Å². The number of aromatic nitrogens is 1. The third-order valence-corrected chi connectivity index (χ3v) is 2.92. The normalized spacial score (nSPS) is 10.2. The minimum Gasteiger partial charge on any atom is -0.397 e. The van der Waals surface area contributed by atoms with Crippen molar-refractivity contribution >= 4 is 35.2 Å². The van der Waals surface area contributed by atoms with Crippen molar-refractivity contribution in [2.45, 2.75) is 0 Å². The van der Waals surface area contributed by atoms with E-state index >= 15 is 0 Å². The number of nitrogens with zero attached hydrogens (tertiary/aromatic N) is 1. The summed E-state index contributed by atoms with van der Waals surface area (Å²) >= 11 is 11.9. The summed E-state index contributed by atoms with van der Waals surface area (Å²) in [7, 11) is 0. The zero-order valence-corrected chi connectivity index (χ0v) is 10.2. The number of rotatable bonds is 2. The van der Waals surface area contributed by atoms with E-state index in [1.165, 1.54) is 6.20 Å². The quantitative estimate of drug-likeness (QED) is 0.848. The van der Waals surface area contributed by atoms with Crippen LogP contribution in [0.2, 0.25) is 10.0 Å². The Bertz CT molecular complexity index is 585. The topological polar surface area (TPSA) is 56.0 Å². The number of nitrogen functional groups attached to an aromatic ring is 1. The van der Waals surface area contributed by atoms with E-state index in [4.69, 9.17) is 28.9 Å². The molecule has 5 heteroatoms. The highest BCUT2D eigenvalue weighted by atomic mass is 35.5. The summed E-state index contributed by atoms with van der Waals surface area (Å²) in [6, 6.07) is 6.70. The van der Waals surface area contributed by atoms with E-state index in [0.717, 1.165) is 0 Å². The molecule has 0 saturated heterocycles. The minimum absolute atomic E-state index is 0.337. The molecule has 0 aliphatic heterocycles. The van der Waals surface area contributed by atoms with Gasteiger partial charge >= 0.3 is 0 Å². The van der Waals surface area contributed by atoms with Crippen molar-refractivity contribution in [3.8, 4) is 11.3 Å². The standard InChI is InChI=1S/C12H8Cl2N2O/c13-8-4-10(15)12(16-5-8)9-3-1-2-7(6-17)11(9)14/h1-6H,15H2. The maximum absolute atomic E-state index is 10.8. The summed E-state index contributed by atoms with van der Waals surface area (Å²) < 4.78 is 0. The zero-order chi connectivity index (χ0) is 12.4. The molecule has 0 saturated carbocycles. The Morgan fingerprint density at radius 2 is 2.06 bits per heavy atom. The molecule has 0 bridgehead atoms. The number of aldehydes is 1. The number of carbonyl (C=O) groups excluding carboxylic acids is 1. The molecule has 1 aromatic heterocycles. The summed E-state index contributed by atoms with van der Waals surface area (Å²) in [5.74, 6) is 0. The highest BCUT2D eigenvalue weighted by Crippen LogP contribution is 2.32. The molecule has 0 amide bonds. The predicted molar refractivity (Wildman–Crippen MR) is 69.5 cm³/mol. The van der Waals surface area contributed by atoms with Crippen LogP contribution >= 0.6 is 23.2 Å². The molecule has 1 aromatic carbocycles. The van der Waals surface area contributed by atoms with E-state index in [1.807, 2.05) is 0 Å². The predicted octanol–water partition coefficient (Wildman–Crippen LogP) is 3.45. The van der Waals surface area contributed by atoms with Crippen LogP contribution in [0, 0.1) is 0 Å². The molecular weight excluding hydrogens is 259 g/mol. The maximum atomic E-state index is 10.8. The summed E-state index contributed by atoms with van der Waals surface area (Å²) in [4.78, 5) is 14.9. The van der Waals surface area contributed by atoms with Crippen LogP contribution in [0.25, 0.3) is 11.3 Å². The van der Waals surface area contributed by atoms with Gasteiger partial charge in [0.25, 0.3) is 0 Å². The van der Waals surface area contributed by atoms with Gasteiger partial charge in [0, 0.05) is 17.3 Å². The Balaban J connectivity index is 2.64. The van der Waals surface area contributed by atoms with Gasteiger partial charge < -0.3 is 5.73 Å². The van der Waals surface area contributed by atoms with Gasteiger partial charge in [0.1, 0.15) is 0 Å². The fourth-order valence-electron chi connectivity index (χ4n) is 1.50. The van der Waals surface area contributed by atoms with E-state index < -0.39 is 0 Å². The van der Waals surface area contributed by atoms with Gasteiger partial charge in [-0.1, -0.05) is 41.4 Å². The van der Waals surface area contributed by atoms with Crippen molar-refractivity contribution in [2.75, 3.05) is 5.73 Å². The van der Waals surface area contributed by atoms with Crippen LogP contribution in [0.5, 0.6) is 0 Å². The first-order valence-electron chi connectivity index (χ1n) is 4.78. The van der Waals surface area contributed by atoms with Gasteiger partial charge in [0.2, 0.25) is 0 Å². The number of carbonyl (C=O) groups is 1. The molecule has 0 fully saturated rings. The van der Waals surface area contributed by atoms with Crippen molar-refractivity contribution in [1.29, 1.82) is 0 Å². The van der Waals surface area contributed by atoms with Crippen LogP contribution < -0.4 is 5.73 Å². The van der Waals surface area contributed by atoms with Crippen LogP contribution in [0.3, 0.4) is 0 Å². The first-order valence-corrected chi connectivity index (χ1v) is 5.54. The number of halogens is 2. The van der Waals surface area contributed by atoms with E-state index in [-0.39, 0.29) is 0 Å². The molecule has 2 rings (SSSR count). The number of anilines is 1. The zero-order valence-electron chi connectivity index (χ0n) is 8.65. The smallest absolute Gasteiger partial charge is 0.151 e. The number of hydrogen-bond donors (Lipinski definition) is 1. The van der Waals surface area contributed by atoms with E-state index in [9.17, 15) is 4.79 Å². The van der Waals surface area contributed by atoms with Crippen molar-refractivity contribution in [1.82, 2.24) is 4.98 Å². The van der Waals surface area contributed by atoms with E-state index in [2.05, 4.69) is 4.98 Å². The summed E-state index contributed by atoms with van der Waals surface area (Å²) in [6.45, 7) is 0. The van der Waals surface area contributed by atoms with Gasteiger partial charge in [-0.2, -0.15) is 0 Å². The Morgan fingerprint density at radius 3 is 2.71 bits per heavy atom. The average Bonchev–Trinajstić information content (AvgIpc) is 2.30. The molecule has 0 aliphatic rings. The van der Waals surface area contributed by atoms with Gasteiger partial charge in [0.05, 0.1) is 21.4 Å². The minimum atomic E-state index is 0.337. The van der Waals surface area contributed by atoms with Crippen LogP contribution in [-0.2, 0) is 0 Å². The van der Waals surface area contributed by atoms with Crippen LogP contribution in [0.4, 0.5) is 5.69 Å². The lowest BCUT2D eigenvalue weighted by molar-refractivity contribution is 0.112. The van der Waals surface area contributed by atoms with Crippen molar-refractivity contribution in [3.05, 3.63) is 46.1 Å². The van der Waals surface area contributed by atoms with Crippen molar-refractivity contribution in [3.63, 3.8) is 0 Å². The fraction of sp³-hybridized carbons (Fsp3) is 0. The number of pyridine rings is 1. The second-order valence-electron chi connectivity index (χ2n) is 3.42. The number of nitrogens with two attached hydrogens (primary N) is 1.